The maximum absolute atomic E-state index is 13.1. The summed E-state index contributed by atoms with van der Waals surface area (Å²) < 4.78 is 13.1. The van der Waals surface area contributed by atoms with Gasteiger partial charge in [0.2, 0.25) is 0 Å². The highest BCUT2D eigenvalue weighted by atomic mass is 19.1. The maximum Gasteiger partial charge on any atom is 0.151 e. The molecule has 3 heteroatoms. The summed E-state index contributed by atoms with van der Waals surface area (Å²) >= 11 is 0. The Hall–Kier alpha value is -1.38. The fourth-order valence-electron chi connectivity index (χ4n) is 2.22. The molecule has 0 amide bonds. The lowest BCUT2D eigenvalue weighted by Crippen LogP contribution is -2.41. The van der Waals surface area contributed by atoms with Crippen molar-refractivity contribution in [3.63, 3.8) is 0 Å². The molecule has 2 nitrogen and oxygen atoms in total. The smallest absolute Gasteiger partial charge is 0.151 e. The van der Waals surface area contributed by atoms with Crippen molar-refractivity contribution >= 4 is 11.5 Å². The van der Waals surface area contributed by atoms with Crippen molar-refractivity contribution in [2.24, 2.45) is 0 Å². The van der Waals surface area contributed by atoms with E-state index in [-0.39, 0.29) is 17.6 Å². The van der Waals surface area contributed by atoms with E-state index in [2.05, 4.69) is 4.90 Å². The van der Waals surface area contributed by atoms with Crippen molar-refractivity contribution in [3.8, 4) is 0 Å². The monoisotopic (exact) mass is 221 g/mol. The van der Waals surface area contributed by atoms with Gasteiger partial charge in [0.1, 0.15) is 5.82 Å². The highest BCUT2D eigenvalue weighted by Crippen LogP contribution is 2.29. The van der Waals surface area contributed by atoms with Gasteiger partial charge in [0.05, 0.1) is 6.04 Å². The van der Waals surface area contributed by atoms with Crippen LogP contribution in [0, 0.1) is 5.82 Å². The summed E-state index contributed by atoms with van der Waals surface area (Å²) in [6.07, 6.45) is 1.88. The second-order valence-corrected chi connectivity index (χ2v) is 4.36. The lowest BCUT2D eigenvalue weighted by Gasteiger charge is -2.35. The Morgan fingerprint density at radius 3 is 2.94 bits per heavy atom. The minimum absolute atomic E-state index is 0.121. The van der Waals surface area contributed by atoms with Crippen molar-refractivity contribution in [1.82, 2.24) is 0 Å². The highest BCUT2D eigenvalue weighted by Gasteiger charge is 2.23. The Balaban J connectivity index is 2.36. The van der Waals surface area contributed by atoms with Crippen LogP contribution in [0.2, 0.25) is 0 Å². The molecule has 1 aliphatic heterocycles. The van der Waals surface area contributed by atoms with E-state index in [1.165, 1.54) is 6.07 Å². The number of Topliss-reactive ketones (excluding diaryl/α,β-unsaturated/α-hetero) is 1. The maximum atomic E-state index is 13.1. The molecule has 1 heterocycles. The van der Waals surface area contributed by atoms with Crippen LogP contribution in [0.25, 0.3) is 0 Å². The van der Waals surface area contributed by atoms with Gasteiger partial charge < -0.3 is 4.90 Å². The molecule has 1 aromatic rings. The first kappa shape index (κ1) is 11.1. The average molecular weight is 221 g/mol. The predicted molar refractivity (Wildman–Crippen MR) is 62.2 cm³/mol. The Morgan fingerprint density at radius 1 is 1.50 bits per heavy atom. The van der Waals surface area contributed by atoms with Gasteiger partial charge in [0.15, 0.2) is 5.78 Å². The fraction of sp³-hybridized carbons (Fsp3) is 0.462. The minimum atomic E-state index is -0.198. The summed E-state index contributed by atoms with van der Waals surface area (Å²) in [4.78, 5) is 13.5. The number of hydrogen-bond donors (Lipinski definition) is 0. The number of carbonyl (C=O) groups excluding carboxylic acids is 1. The van der Waals surface area contributed by atoms with Crippen LogP contribution in [0.4, 0.5) is 10.1 Å². The van der Waals surface area contributed by atoms with E-state index < -0.39 is 0 Å². The molecule has 0 bridgehead atoms. The lowest BCUT2D eigenvalue weighted by atomic mass is 9.99. The minimum Gasteiger partial charge on any atom is -0.362 e. The summed E-state index contributed by atoms with van der Waals surface area (Å²) in [5.74, 6) is -0.0479. The number of carbonyl (C=O) groups is 1. The summed E-state index contributed by atoms with van der Waals surface area (Å²) in [5, 5.41) is 0. The van der Waals surface area contributed by atoms with Crippen LogP contribution < -0.4 is 4.90 Å². The number of nitrogens with zero attached hydrogens (tertiary/aromatic N) is 1. The number of anilines is 1. The molecule has 1 aromatic carbocycles. The predicted octanol–water partition coefficient (Wildman–Crippen LogP) is 2.56. The zero-order valence-corrected chi connectivity index (χ0v) is 9.66. The number of hydrogen-bond acceptors (Lipinski definition) is 2. The van der Waals surface area contributed by atoms with Crippen LogP contribution in [0.1, 0.15) is 25.8 Å². The molecule has 1 aliphatic rings. The normalized spacial score (nSPS) is 16.8. The van der Waals surface area contributed by atoms with Gasteiger partial charge in [0.25, 0.3) is 0 Å². The molecule has 0 N–H and O–H groups in total. The van der Waals surface area contributed by atoms with Gasteiger partial charge in [-0.1, -0.05) is 0 Å². The van der Waals surface area contributed by atoms with Crippen molar-refractivity contribution < 1.29 is 9.18 Å². The number of ketones is 1. The quantitative estimate of drug-likeness (QED) is 0.765. The molecule has 0 radical (unpaired) electrons. The zero-order chi connectivity index (χ0) is 11.7. The fourth-order valence-corrected chi connectivity index (χ4v) is 2.22. The molecule has 2 rings (SSSR count). The molecule has 1 unspecified atom stereocenters. The van der Waals surface area contributed by atoms with Crippen LogP contribution >= 0.6 is 0 Å². The lowest BCUT2D eigenvalue weighted by molar-refractivity contribution is -0.117. The molecule has 0 aromatic heterocycles. The SMILES string of the molecule is CC(=O)C(C)N1CCCc2cc(F)ccc21. The molecular formula is C13H16FNO. The van der Waals surface area contributed by atoms with Crippen molar-refractivity contribution in [2.75, 3.05) is 11.4 Å². The average Bonchev–Trinajstić information content (AvgIpc) is 2.26. The molecule has 1 atom stereocenters. The first-order chi connectivity index (χ1) is 7.59. The molecule has 0 spiro atoms. The van der Waals surface area contributed by atoms with Crippen molar-refractivity contribution in [3.05, 3.63) is 29.6 Å². The zero-order valence-electron chi connectivity index (χ0n) is 9.66. The van der Waals surface area contributed by atoms with Gasteiger partial charge in [-0.2, -0.15) is 0 Å². The van der Waals surface area contributed by atoms with E-state index in [0.29, 0.717) is 0 Å². The summed E-state index contributed by atoms with van der Waals surface area (Å²) in [7, 11) is 0. The third kappa shape index (κ3) is 1.94. The topological polar surface area (TPSA) is 20.3 Å². The second-order valence-electron chi connectivity index (χ2n) is 4.36. The van der Waals surface area contributed by atoms with Crippen LogP contribution in [-0.2, 0) is 11.2 Å². The summed E-state index contributed by atoms with van der Waals surface area (Å²) in [6.45, 7) is 4.38. The van der Waals surface area contributed by atoms with Gasteiger partial charge >= 0.3 is 0 Å². The van der Waals surface area contributed by atoms with Crippen molar-refractivity contribution in [2.45, 2.75) is 32.7 Å². The number of benzene rings is 1. The summed E-state index contributed by atoms with van der Waals surface area (Å²) in [6, 6.07) is 4.70. The van der Waals surface area contributed by atoms with Crippen LogP contribution in [-0.4, -0.2) is 18.4 Å². The number of rotatable bonds is 2. The van der Waals surface area contributed by atoms with Gasteiger partial charge in [-0.25, -0.2) is 4.39 Å². The van der Waals surface area contributed by atoms with E-state index >= 15 is 0 Å². The molecule has 16 heavy (non-hydrogen) atoms. The van der Waals surface area contributed by atoms with E-state index in [1.54, 1.807) is 19.1 Å². The molecular weight excluding hydrogens is 205 g/mol. The van der Waals surface area contributed by atoms with Crippen molar-refractivity contribution in [1.29, 1.82) is 0 Å². The molecule has 0 fully saturated rings. The van der Waals surface area contributed by atoms with Gasteiger partial charge in [-0.15, -0.1) is 0 Å². The Morgan fingerprint density at radius 2 is 2.25 bits per heavy atom. The second kappa shape index (κ2) is 4.24. The Labute approximate surface area is 95.1 Å². The molecule has 86 valence electrons. The van der Waals surface area contributed by atoms with E-state index in [0.717, 1.165) is 30.6 Å². The molecule has 0 saturated carbocycles. The van der Waals surface area contributed by atoms with Crippen LogP contribution in [0.5, 0.6) is 0 Å². The van der Waals surface area contributed by atoms with Crippen LogP contribution in [0.15, 0.2) is 18.2 Å². The molecule has 0 aliphatic carbocycles. The first-order valence-electron chi connectivity index (χ1n) is 5.65. The van der Waals surface area contributed by atoms with Gasteiger partial charge in [-0.05, 0) is 50.5 Å². The highest BCUT2D eigenvalue weighted by molar-refractivity contribution is 5.85. The van der Waals surface area contributed by atoms with Gasteiger partial charge in [0, 0.05) is 12.2 Å². The largest absolute Gasteiger partial charge is 0.362 e. The molecule has 0 saturated heterocycles. The Kier molecular flexibility index (Phi) is 2.95. The first-order valence-corrected chi connectivity index (χ1v) is 5.65. The van der Waals surface area contributed by atoms with E-state index in [4.69, 9.17) is 0 Å². The number of fused-ring (bicyclic) bond motifs is 1. The Bertz CT molecular complexity index is 416. The standard InChI is InChI=1S/C13H16FNO/c1-9(10(2)16)15-7-3-4-11-8-12(14)5-6-13(11)15/h5-6,8-9H,3-4,7H2,1-2H3. The van der Waals surface area contributed by atoms with E-state index in [9.17, 15) is 9.18 Å². The van der Waals surface area contributed by atoms with E-state index in [1.807, 2.05) is 6.92 Å². The third-order valence-electron chi connectivity index (χ3n) is 3.25. The van der Waals surface area contributed by atoms with Gasteiger partial charge in [-0.3, -0.25) is 4.79 Å². The number of aryl methyl sites for hydroxylation is 1. The van der Waals surface area contributed by atoms with Crippen LogP contribution in [0.3, 0.4) is 0 Å². The number of halogens is 1. The summed E-state index contributed by atoms with van der Waals surface area (Å²) in [5.41, 5.74) is 2.02. The third-order valence-corrected chi connectivity index (χ3v) is 3.25.